The lowest BCUT2D eigenvalue weighted by molar-refractivity contribution is -0.137. The molecule has 4 aromatic carbocycles. The third-order valence-corrected chi connectivity index (χ3v) is 16.3. The number of para-hydroxylation sites is 1. The first-order chi connectivity index (χ1) is 26.0. The van der Waals surface area contributed by atoms with Crippen LogP contribution in [0.5, 0.6) is 5.75 Å². The number of phenolic OH excluding ortho intramolecular Hbond substituents is 1. The summed E-state index contributed by atoms with van der Waals surface area (Å²) in [5.41, 5.74) is 4.74. The van der Waals surface area contributed by atoms with E-state index < -0.39 is 38.1 Å². The molecule has 278 valence electrons. The minimum absolute atomic E-state index is 0.200. The van der Waals surface area contributed by atoms with E-state index in [0.717, 1.165) is 38.2 Å². The molecule has 1 N–H and O–H groups in total. The summed E-state index contributed by atoms with van der Waals surface area (Å²) in [5, 5.41) is 12.7. The number of carbonyl (C=O) groups is 3. The summed E-state index contributed by atoms with van der Waals surface area (Å²) >= 11 is 0. The van der Waals surface area contributed by atoms with E-state index >= 15 is 0 Å². The molecule has 2 aliphatic heterocycles. The number of likely N-dealkylation sites (tertiary alicyclic amines) is 1. The zero-order chi connectivity index (χ0) is 38.0. The topological polar surface area (TPSA) is 102 Å². The van der Waals surface area contributed by atoms with Gasteiger partial charge >= 0.3 is 6.09 Å². The van der Waals surface area contributed by atoms with E-state index in [1.165, 1.54) is 7.11 Å². The summed E-state index contributed by atoms with van der Waals surface area (Å²) in [5.74, 6) is -2.68. The molecule has 0 saturated carbocycles. The average molecular weight is 742 g/mol. The fourth-order valence-corrected chi connectivity index (χ4v) is 13.4. The number of aromatic hydroxyl groups is 1. The van der Waals surface area contributed by atoms with Crippen molar-refractivity contribution in [1.82, 2.24) is 4.90 Å². The monoisotopic (exact) mass is 741 g/mol. The molecular formula is C45H47NO7Si. The number of hydrogen-bond acceptors (Lipinski definition) is 7. The Morgan fingerprint density at radius 3 is 2.04 bits per heavy atom. The van der Waals surface area contributed by atoms with Gasteiger partial charge in [0.2, 0.25) is 11.8 Å². The number of carbonyl (C=O) groups excluding carboxylic acids is 3. The van der Waals surface area contributed by atoms with Crippen LogP contribution in [-0.4, -0.2) is 62.7 Å². The maximum absolute atomic E-state index is 13.9. The minimum atomic E-state index is -2.97. The summed E-state index contributed by atoms with van der Waals surface area (Å²) in [6.45, 7) is 7.19. The molecule has 8 nitrogen and oxygen atoms in total. The largest absolute Gasteiger partial charge is 0.507 e. The first-order valence-electron chi connectivity index (χ1n) is 18.6. The quantitative estimate of drug-likeness (QED) is 0.0784. The Morgan fingerprint density at radius 1 is 0.852 bits per heavy atom. The number of phenols is 1. The normalized spacial score (nSPS) is 21.6. The summed E-state index contributed by atoms with van der Waals surface area (Å²) in [6.07, 6.45) is 2.22. The summed E-state index contributed by atoms with van der Waals surface area (Å²) in [4.78, 5) is 41.2. The molecule has 2 saturated heterocycles. The molecule has 0 unspecified atom stereocenters. The van der Waals surface area contributed by atoms with Gasteiger partial charge in [0.15, 0.2) is 0 Å². The van der Waals surface area contributed by atoms with E-state index in [-0.39, 0.29) is 42.4 Å². The second-order valence-electron chi connectivity index (χ2n) is 15.4. The van der Waals surface area contributed by atoms with Gasteiger partial charge in [0.1, 0.15) is 5.75 Å². The molecular weight excluding hydrogens is 695 g/mol. The summed E-state index contributed by atoms with van der Waals surface area (Å²) in [7, 11) is -1.79. The van der Waals surface area contributed by atoms with Gasteiger partial charge < -0.3 is 19.0 Å². The molecule has 1 aliphatic carbocycles. The SMILES string of the molecule is COC(=O)N1C(=O)[C@@H]2[C@@H](CC(CO[Si](c3ccccc3)(c3ccccc3)C(C)(C)C)=C3[C@@H](CC/C(=C/c4ccccc4O)c4ccccc4)OC[C@@H]32)C1=O. The van der Waals surface area contributed by atoms with Gasteiger partial charge in [-0.2, -0.15) is 4.90 Å². The van der Waals surface area contributed by atoms with Gasteiger partial charge in [0.05, 0.1) is 38.3 Å². The van der Waals surface area contributed by atoms with Gasteiger partial charge in [-0.25, -0.2) is 4.79 Å². The second-order valence-corrected chi connectivity index (χ2v) is 19.7. The maximum Gasteiger partial charge on any atom is 0.423 e. The van der Waals surface area contributed by atoms with Crippen LogP contribution < -0.4 is 10.4 Å². The van der Waals surface area contributed by atoms with Crippen LogP contribution in [0.2, 0.25) is 5.04 Å². The first kappa shape index (κ1) is 37.2. The number of allylic oxidation sites excluding steroid dienone is 1. The van der Waals surface area contributed by atoms with E-state index in [4.69, 9.17) is 13.9 Å². The Hall–Kier alpha value is -5.09. The molecule has 4 aromatic rings. The lowest BCUT2D eigenvalue weighted by Gasteiger charge is -2.44. The van der Waals surface area contributed by atoms with Crippen LogP contribution in [0.3, 0.4) is 0 Å². The van der Waals surface area contributed by atoms with Crippen LogP contribution in [-0.2, 0) is 23.5 Å². The maximum atomic E-state index is 13.9. The zero-order valence-corrected chi connectivity index (χ0v) is 32.2. The average Bonchev–Trinajstić information content (AvgIpc) is 3.72. The number of nitrogens with zero attached hydrogens (tertiary/aromatic N) is 1. The molecule has 3 amide bonds. The van der Waals surface area contributed by atoms with E-state index in [1.54, 1.807) is 12.1 Å². The summed E-state index contributed by atoms with van der Waals surface area (Å²) < 4.78 is 18.9. The lowest BCUT2D eigenvalue weighted by atomic mass is 9.69. The van der Waals surface area contributed by atoms with E-state index in [2.05, 4.69) is 81.4 Å². The first-order valence-corrected chi connectivity index (χ1v) is 20.5. The van der Waals surface area contributed by atoms with Crippen molar-refractivity contribution in [2.75, 3.05) is 20.3 Å². The van der Waals surface area contributed by atoms with Gasteiger partial charge in [-0.3, -0.25) is 9.59 Å². The second kappa shape index (κ2) is 15.3. The number of fused-ring (bicyclic) bond motifs is 3. The zero-order valence-electron chi connectivity index (χ0n) is 31.2. The van der Waals surface area contributed by atoms with Gasteiger partial charge in [0.25, 0.3) is 8.32 Å². The Kier molecular flexibility index (Phi) is 10.6. The molecule has 4 atom stereocenters. The number of rotatable bonds is 10. The van der Waals surface area contributed by atoms with Crippen molar-refractivity contribution < 1.29 is 33.4 Å². The minimum Gasteiger partial charge on any atom is -0.507 e. The van der Waals surface area contributed by atoms with Crippen LogP contribution in [0.4, 0.5) is 4.79 Å². The molecule has 0 spiro atoms. The molecule has 2 heterocycles. The highest BCUT2D eigenvalue weighted by molar-refractivity contribution is 6.99. The molecule has 9 heteroatoms. The molecule has 2 fully saturated rings. The van der Waals surface area contributed by atoms with Crippen molar-refractivity contribution in [3.63, 3.8) is 0 Å². The van der Waals surface area contributed by atoms with Crippen LogP contribution >= 0.6 is 0 Å². The van der Waals surface area contributed by atoms with Crippen molar-refractivity contribution >= 4 is 48.2 Å². The van der Waals surface area contributed by atoms with E-state index in [1.807, 2.05) is 48.5 Å². The number of benzene rings is 4. The standard InChI is InChI=1S/C45H47NO7Si/c1-45(2,3)54(34-19-10-6-11-20-34,35-21-12-7-13-22-35)53-28-33-27-36-41(43(49)46(42(36)48)44(50)51-4)37-29-52-39(40(33)37)25-24-31(30-16-8-5-9-17-30)26-32-18-14-15-23-38(32)47/h5-23,26,36-37,39,41,47H,24-25,27-29H2,1-4H3/b31-26-/t36-,37+,39-,41-/m1/s1. The van der Waals surface area contributed by atoms with Crippen molar-refractivity contribution in [1.29, 1.82) is 0 Å². The Labute approximate surface area is 318 Å². The Balaban J connectivity index is 1.29. The fourth-order valence-electron chi connectivity index (χ4n) is 8.87. The molecule has 3 aliphatic rings. The Morgan fingerprint density at radius 2 is 1.44 bits per heavy atom. The number of methoxy groups -OCH3 is 1. The number of hydrogen-bond donors (Lipinski definition) is 1. The van der Waals surface area contributed by atoms with Gasteiger partial charge in [0, 0.05) is 11.5 Å². The number of ether oxygens (including phenoxy) is 2. The van der Waals surface area contributed by atoms with Gasteiger partial charge in [-0.15, -0.1) is 0 Å². The molecule has 0 radical (unpaired) electrons. The van der Waals surface area contributed by atoms with Crippen molar-refractivity contribution in [3.8, 4) is 5.75 Å². The molecule has 7 rings (SSSR count). The van der Waals surface area contributed by atoms with Crippen molar-refractivity contribution in [2.45, 2.75) is 51.2 Å². The highest BCUT2D eigenvalue weighted by atomic mass is 28.4. The van der Waals surface area contributed by atoms with Crippen LogP contribution in [0.15, 0.2) is 126 Å². The van der Waals surface area contributed by atoms with Crippen LogP contribution in [0, 0.1) is 17.8 Å². The van der Waals surface area contributed by atoms with Crippen molar-refractivity contribution in [2.24, 2.45) is 17.8 Å². The molecule has 54 heavy (non-hydrogen) atoms. The smallest absolute Gasteiger partial charge is 0.423 e. The lowest BCUT2D eigenvalue weighted by Crippen LogP contribution is -2.66. The molecule has 0 bridgehead atoms. The van der Waals surface area contributed by atoms with E-state index in [9.17, 15) is 19.5 Å². The summed E-state index contributed by atoms with van der Waals surface area (Å²) in [6, 6.07) is 38.2. The third kappa shape index (κ3) is 6.76. The van der Waals surface area contributed by atoms with Crippen LogP contribution in [0.25, 0.3) is 11.6 Å². The third-order valence-electron chi connectivity index (χ3n) is 11.3. The van der Waals surface area contributed by atoms with Crippen molar-refractivity contribution in [3.05, 3.63) is 138 Å². The van der Waals surface area contributed by atoms with Gasteiger partial charge in [-0.1, -0.05) is 130 Å². The highest BCUT2D eigenvalue weighted by Crippen LogP contribution is 2.51. The number of imide groups is 3. The predicted octanol–water partition coefficient (Wildman–Crippen LogP) is 7.37. The molecule has 0 aromatic heterocycles. The van der Waals surface area contributed by atoms with Crippen LogP contribution in [0.1, 0.15) is 51.2 Å². The van der Waals surface area contributed by atoms with Gasteiger partial charge in [-0.05, 0) is 69.1 Å². The Bertz CT molecular complexity index is 2030. The van der Waals surface area contributed by atoms with E-state index in [0.29, 0.717) is 17.7 Å². The number of amides is 3. The fraction of sp³-hybridized carbons (Fsp3) is 0.311. The highest BCUT2D eigenvalue weighted by Gasteiger charge is 2.59. The predicted molar refractivity (Wildman–Crippen MR) is 211 cm³/mol.